The van der Waals surface area contributed by atoms with E-state index in [9.17, 15) is 4.79 Å². The SMILES string of the molecule is CN1CCN(Cc2cc3cc4c(cc3[nH]c2=O)OCO4)CC1. The average Bonchev–Trinajstić information content (AvgIpc) is 2.95. The molecule has 0 aliphatic carbocycles. The number of nitrogens with zero attached hydrogens (tertiary/aromatic N) is 2. The van der Waals surface area contributed by atoms with Crippen LogP contribution in [0.2, 0.25) is 0 Å². The van der Waals surface area contributed by atoms with Gasteiger partial charge in [-0.25, -0.2) is 0 Å². The minimum absolute atomic E-state index is 0.0229. The van der Waals surface area contributed by atoms with Crippen LogP contribution in [0.1, 0.15) is 5.56 Å². The Labute approximate surface area is 128 Å². The number of hydrogen-bond donors (Lipinski definition) is 1. The second kappa shape index (κ2) is 5.30. The first-order valence-corrected chi connectivity index (χ1v) is 7.55. The normalized spacial score (nSPS) is 19.0. The third-order valence-corrected chi connectivity index (χ3v) is 4.40. The van der Waals surface area contributed by atoms with Crippen molar-refractivity contribution in [3.63, 3.8) is 0 Å². The minimum Gasteiger partial charge on any atom is -0.454 e. The lowest BCUT2D eigenvalue weighted by Crippen LogP contribution is -2.44. The van der Waals surface area contributed by atoms with Crippen LogP contribution in [0.5, 0.6) is 11.5 Å². The van der Waals surface area contributed by atoms with Crippen molar-refractivity contribution in [1.82, 2.24) is 14.8 Å². The Balaban J connectivity index is 1.65. The standard InChI is InChI=1S/C16H19N3O3/c1-18-2-4-19(5-3-18)9-12-6-11-7-14-15(22-10-21-14)8-13(11)17-16(12)20/h6-8H,2-5,9-10H2,1H3,(H,17,20). The Bertz CT molecular complexity index is 763. The largest absolute Gasteiger partial charge is 0.454 e. The smallest absolute Gasteiger partial charge is 0.252 e. The third-order valence-electron chi connectivity index (χ3n) is 4.40. The van der Waals surface area contributed by atoms with Gasteiger partial charge in [-0.2, -0.15) is 0 Å². The van der Waals surface area contributed by atoms with Crippen LogP contribution in [-0.4, -0.2) is 54.8 Å². The van der Waals surface area contributed by atoms with E-state index >= 15 is 0 Å². The molecule has 1 aromatic heterocycles. The van der Waals surface area contributed by atoms with Gasteiger partial charge in [0.25, 0.3) is 5.56 Å². The van der Waals surface area contributed by atoms with E-state index in [2.05, 4.69) is 21.8 Å². The van der Waals surface area contributed by atoms with Crippen LogP contribution in [-0.2, 0) is 6.54 Å². The number of aromatic nitrogens is 1. The molecule has 0 spiro atoms. The Morgan fingerprint density at radius 2 is 1.82 bits per heavy atom. The van der Waals surface area contributed by atoms with E-state index in [0.29, 0.717) is 12.3 Å². The fraction of sp³-hybridized carbons (Fsp3) is 0.438. The molecule has 0 amide bonds. The van der Waals surface area contributed by atoms with Crippen LogP contribution < -0.4 is 15.0 Å². The topological polar surface area (TPSA) is 57.8 Å². The number of pyridine rings is 1. The maximum atomic E-state index is 12.3. The monoisotopic (exact) mass is 301 g/mol. The van der Waals surface area contributed by atoms with Crippen molar-refractivity contribution in [2.45, 2.75) is 6.54 Å². The molecule has 1 saturated heterocycles. The molecule has 2 aliphatic heterocycles. The summed E-state index contributed by atoms with van der Waals surface area (Å²) in [5, 5.41) is 0.980. The van der Waals surface area contributed by atoms with Crippen molar-refractivity contribution in [1.29, 1.82) is 0 Å². The van der Waals surface area contributed by atoms with Crippen LogP contribution in [0.25, 0.3) is 10.9 Å². The van der Waals surface area contributed by atoms with Gasteiger partial charge in [-0.05, 0) is 19.2 Å². The lowest BCUT2D eigenvalue weighted by Gasteiger charge is -2.32. The zero-order valence-electron chi connectivity index (χ0n) is 12.6. The summed E-state index contributed by atoms with van der Waals surface area (Å²) in [7, 11) is 2.13. The molecule has 116 valence electrons. The van der Waals surface area contributed by atoms with Crippen molar-refractivity contribution in [3.05, 3.63) is 34.1 Å². The number of rotatable bonds is 2. The Morgan fingerprint density at radius 3 is 2.59 bits per heavy atom. The minimum atomic E-state index is -0.0229. The highest BCUT2D eigenvalue weighted by molar-refractivity contribution is 5.83. The zero-order valence-corrected chi connectivity index (χ0v) is 12.6. The number of nitrogens with one attached hydrogen (secondary N) is 1. The van der Waals surface area contributed by atoms with Crippen molar-refractivity contribution in [2.24, 2.45) is 0 Å². The van der Waals surface area contributed by atoms with Gasteiger partial charge in [0.05, 0.1) is 5.52 Å². The van der Waals surface area contributed by atoms with Gasteiger partial charge >= 0.3 is 0 Å². The number of benzene rings is 1. The molecule has 0 bridgehead atoms. The number of piperazine rings is 1. The molecule has 22 heavy (non-hydrogen) atoms. The summed E-state index contributed by atoms with van der Waals surface area (Å²) in [5.74, 6) is 1.43. The molecule has 1 aromatic carbocycles. The Kier molecular flexibility index (Phi) is 3.28. The van der Waals surface area contributed by atoms with Gasteiger partial charge in [-0.1, -0.05) is 0 Å². The second-order valence-electron chi connectivity index (χ2n) is 6.00. The lowest BCUT2D eigenvalue weighted by molar-refractivity contribution is 0.148. The predicted octanol–water partition coefficient (Wildman–Crippen LogP) is 1.00. The summed E-state index contributed by atoms with van der Waals surface area (Å²) in [6, 6.07) is 5.73. The van der Waals surface area contributed by atoms with Gasteiger partial charge in [0, 0.05) is 49.7 Å². The van der Waals surface area contributed by atoms with Crippen molar-refractivity contribution in [3.8, 4) is 11.5 Å². The molecule has 2 aromatic rings. The van der Waals surface area contributed by atoms with Crippen LogP contribution in [0.4, 0.5) is 0 Å². The van der Waals surface area contributed by atoms with Gasteiger partial charge in [0.1, 0.15) is 0 Å². The highest BCUT2D eigenvalue weighted by Gasteiger charge is 2.18. The van der Waals surface area contributed by atoms with Gasteiger partial charge in [-0.15, -0.1) is 0 Å². The fourth-order valence-corrected chi connectivity index (χ4v) is 3.01. The zero-order chi connectivity index (χ0) is 15.1. The van der Waals surface area contributed by atoms with Crippen LogP contribution in [0.15, 0.2) is 23.0 Å². The molecule has 0 atom stereocenters. The van der Waals surface area contributed by atoms with Gasteiger partial charge in [0.2, 0.25) is 6.79 Å². The second-order valence-corrected chi connectivity index (χ2v) is 6.00. The van der Waals surface area contributed by atoms with Crippen LogP contribution >= 0.6 is 0 Å². The van der Waals surface area contributed by atoms with E-state index in [1.807, 2.05) is 18.2 Å². The maximum absolute atomic E-state index is 12.3. The number of ether oxygens (including phenoxy) is 2. The molecule has 0 radical (unpaired) electrons. The number of H-pyrrole nitrogens is 1. The van der Waals surface area contributed by atoms with E-state index in [-0.39, 0.29) is 12.4 Å². The summed E-state index contributed by atoms with van der Waals surface area (Å²) in [5.41, 5.74) is 1.57. The molecular formula is C16H19N3O3. The Hall–Kier alpha value is -2.05. The van der Waals surface area contributed by atoms with Gasteiger partial charge in [0.15, 0.2) is 11.5 Å². The van der Waals surface area contributed by atoms with Crippen molar-refractivity contribution < 1.29 is 9.47 Å². The van der Waals surface area contributed by atoms with E-state index in [1.165, 1.54) is 0 Å². The molecular weight excluding hydrogens is 282 g/mol. The predicted molar refractivity (Wildman–Crippen MR) is 83.5 cm³/mol. The molecule has 0 saturated carbocycles. The summed E-state index contributed by atoms with van der Waals surface area (Å²) < 4.78 is 10.8. The van der Waals surface area contributed by atoms with Crippen LogP contribution in [0, 0.1) is 0 Å². The molecule has 1 fully saturated rings. The lowest BCUT2D eigenvalue weighted by atomic mass is 10.1. The quantitative estimate of drug-likeness (QED) is 0.897. The third kappa shape index (κ3) is 2.44. The number of aromatic amines is 1. The highest BCUT2D eigenvalue weighted by atomic mass is 16.7. The van der Waals surface area contributed by atoms with Gasteiger partial charge in [-0.3, -0.25) is 9.69 Å². The summed E-state index contributed by atoms with van der Waals surface area (Å²) in [6.45, 7) is 5.01. The average molecular weight is 301 g/mol. The van der Waals surface area contributed by atoms with E-state index < -0.39 is 0 Å². The van der Waals surface area contributed by atoms with Crippen LogP contribution in [0.3, 0.4) is 0 Å². The van der Waals surface area contributed by atoms with Crippen molar-refractivity contribution >= 4 is 10.9 Å². The Morgan fingerprint density at radius 1 is 1.09 bits per heavy atom. The maximum Gasteiger partial charge on any atom is 0.252 e. The first kappa shape index (κ1) is 13.6. The van der Waals surface area contributed by atoms with Crippen molar-refractivity contribution in [2.75, 3.05) is 40.0 Å². The number of likely N-dealkylation sites (N-methyl/N-ethyl adjacent to an activating group) is 1. The molecule has 6 nitrogen and oxygen atoms in total. The molecule has 4 rings (SSSR count). The number of fused-ring (bicyclic) bond motifs is 2. The fourth-order valence-electron chi connectivity index (χ4n) is 3.01. The summed E-state index contributed by atoms with van der Waals surface area (Å²) >= 11 is 0. The van der Waals surface area contributed by atoms with E-state index in [4.69, 9.17) is 9.47 Å². The molecule has 6 heteroatoms. The first-order chi connectivity index (χ1) is 10.7. The first-order valence-electron chi connectivity index (χ1n) is 7.55. The molecule has 1 N–H and O–H groups in total. The van der Waals surface area contributed by atoms with E-state index in [1.54, 1.807) is 0 Å². The molecule has 3 heterocycles. The highest BCUT2D eigenvalue weighted by Crippen LogP contribution is 2.35. The summed E-state index contributed by atoms with van der Waals surface area (Å²) in [6.07, 6.45) is 0. The number of hydrogen-bond acceptors (Lipinski definition) is 5. The molecule has 0 unspecified atom stereocenters. The molecule has 2 aliphatic rings. The summed E-state index contributed by atoms with van der Waals surface area (Å²) in [4.78, 5) is 19.9. The van der Waals surface area contributed by atoms with E-state index in [0.717, 1.165) is 48.4 Å². The van der Waals surface area contributed by atoms with Gasteiger partial charge < -0.3 is 19.4 Å².